The quantitative estimate of drug-likeness (QED) is 0.652. The lowest BCUT2D eigenvalue weighted by Gasteiger charge is -2.03. The smallest absolute Gasteiger partial charge is 0.243 e. The fourth-order valence-electron chi connectivity index (χ4n) is 1.76. The monoisotopic (exact) mass is 246 g/mol. The van der Waals surface area contributed by atoms with Gasteiger partial charge in [0.2, 0.25) is 12.7 Å². The van der Waals surface area contributed by atoms with Gasteiger partial charge >= 0.3 is 0 Å². The third kappa shape index (κ3) is 2.16. The predicted molar refractivity (Wildman–Crippen MR) is 65.6 cm³/mol. The topological polar surface area (TPSA) is 59.9 Å². The third-order valence-corrected chi connectivity index (χ3v) is 3.07. The minimum atomic E-state index is 0.00935. The van der Waals surface area contributed by atoms with Crippen LogP contribution in [0.1, 0.15) is 25.3 Å². The molecule has 0 unspecified atom stereocenters. The number of hydrazone groups is 1. The number of fused-ring (bicyclic) bond motifs is 1. The normalized spacial score (nSPS) is 17.7. The van der Waals surface area contributed by atoms with Gasteiger partial charge in [-0.1, -0.05) is 0 Å². The summed E-state index contributed by atoms with van der Waals surface area (Å²) in [5.74, 6) is 1.64. The van der Waals surface area contributed by atoms with Crippen molar-refractivity contribution >= 4 is 11.6 Å². The molecule has 1 heterocycles. The van der Waals surface area contributed by atoms with Gasteiger partial charge in [0, 0.05) is 11.5 Å². The SMILES string of the molecule is C/C(=N\NC(=O)C1CC1)c1ccc2c(c1)OCO2. The van der Waals surface area contributed by atoms with Crippen LogP contribution in [0.4, 0.5) is 0 Å². The second kappa shape index (κ2) is 4.33. The molecule has 0 spiro atoms. The van der Waals surface area contributed by atoms with Gasteiger partial charge in [0.15, 0.2) is 11.5 Å². The molecule has 1 aromatic carbocycles. The molecule has 0 saturated heterocycles. The number of amides is 1. The van der Waals surface area contributed by atoms with Crippen molar-refractivity contribution in [1.82, 2.24) is 5.43 Å². The second-order valence-electron chi connectivity index (χ2n) is 4.52. The van der Waals surface area contributed by atoms with Crippen LogP contribution in [0.25, 0.3) is 0 Å². The highest BCUT2D eigenvalue weighted by Gasteiger charge is 2.29. The van der Waals surface area contributed by atoms with E-state index in [-0.39, 0.29) is 18.6 Å². The van der Waals surface area contributed by atoms with Gasteiger partial charge in [-0.05, 0) is 38.0 Å². The molecule has 1 amide bonds. The molecule has 1 fully saturated rings. The van der Waals surface area contributed by atoms with E-state index in [2.05, 4.69) is 10.5 Å². The van der Waals surface area contributed by atoms with Crippen molar-refractivity contribution in [1.29, 1.82) is 0 Å². The zero-order valence-corrected chi connectivity index (χ0v) is 10.1. The Bertz CT molecular complexity index is 521. The maximum atomic E-state index is 11.5. The highest BCUT2D eigenvalue weighted by atomic mass is 16.7. The van der Waals surface area contributed by atoms with Crippen molar-refractivity contribution in [2.45, 2.75) is 19.8 Å². The molecule has 5 nitrogen and oxygen atoms in total. The molecule has 0 atom stereocenters. The molecule has 1 aliphatic heterocycles. The van der Waals surface area contributed by atoms with Crippen LogP contribution in [0.5, 0.6) is 11.5 Å². The van der Waals surface area contributed by atoms with Crippen LogP contribution in [-0.2, 0) is 4.79 Å². The third-order valence-electron chi connectivity index (χ3n) is 3.07. The molecule has 1 aliphatic carbocycles. The number of carbonyl (C=O) groups excluding carboxylic acids is 1. The Balaban J connectivity index is 1.72. The first-order valence-electron chi connectivity index (χ1n) is 5.98. The summed E-state index contributed by atoms with van der Waals surface area (Å²) in [5, 5.41) is 4.10. The Morgan fingerprint density at radius 1 is 1.33 bits per heavy atom. The number of hydrogen-bond donors (Lipinski definition) is 1. The largest absolute Gasteiger partial charge is 0.454 e. The number of nitrogens with zero attached hydrogens (tertiary/aromatic N) is 1. The van der Waals surface area contributed by atoms with Gasteiger partial charge in [-0.15, -0.1) is 0 Å². The first kappa shape index (κ1) is 11.1. The number of hydrogen-bond acceptors (Lipinski definition) is 4. The van der Waals surface area contributed by atoms with Crippen molar-refractivity contribution in [3.05, 3.63) is 23.8 Å². The molecule has 0 bridgehead atoms. The molecule has 3 rings (SSSR count). The lowest BCUT2D eigenvalue weighted by molar-refractivity contribution is -0.122. The second-order valence-corrected chi connectivity index (χ2v) is 4.52. The van der Waals surface area contributed by atoms with Crippen LogP contribution in [0.15, 0.2) is 23.3 Å². The summed E-state index contributed by atoms with van der Waals surface area (Å²) in [6.45, 7) is 2.11. The Kier molecular flexibility index (Phi) is 2.66. The summed E-state index contributed by atoms with van der Waals surface area (Å²) >= 11 is 0. The van der Waals surface area contributed by atoms with Crippen LogP contribution in [0.2, 0.25) is 0 Å². The number of benzene rings is 1. The van der Waals surface area contributed by atoms with Crippen molar-refractivity contribution < 1.29 is 14.3 Å². The van der Waals surface area contributed by atoms with Crippen molar-refractivity contribution in [2.24, 2.45) is 11.0 Å². The Morgan fingerprint density at radius 3 is 2.89 bits per heavy atom. The van der Waals surface area contributed by atoms with E-state index in [1.165, 1.54) is 0 Å². The van der Waals surface area contributed by atoms with Crippen LogP contribution in [0, 0.1) is 5.92 Å². The Labute approximate surface area is 105 Å². The van der Waals surface area contributed by atoms with Gasteiger partial charge in [0.25, 0.3) is 0 Å². The highest BCUT2D eigenvalue weighted by molar-refractivity contribution is 6.00. The molecular weight excluding hydrogens is 232 g/mol. The van der Waals surface area contributed by atoms with Crippen LogP contribution in [-0.4, -0.2) is 18.4 Å². The van der Waals surface area contributed by atoms with E-state index in [0.717, 1.165) is 35.6 Å². The Morgan fingerprint density at radius 2 is 2.11 bits per heavy atom. The summed E-state index contributed by atoms with van der Waals surface area (Å²) in [6, 6.07) is 5.61. The zero-order valence-electron chi connectivity index (χ0n) is 10.1. The van der Waals surface area contributed by atoms with Gasteiger partial charge in [-0.2, -0.15) is 5.10 Å². The van der Waals surface area contributed by atoms with E-state index in [4.69, 9.17) is 9.47 Å². The zero-order chi connectivity index (χ0) is 12.5. The summed E-state index contributed by atoms with van der Waals surface area (Å²) in [7, 11) is 0. The summed E-state index contributed by atoms with van der Waals surface area (Å²) < 4.78 is 10.5. The average molecular weight is 246 g/mol. The molecule has 1 aromatic rings. The van der Waals surface area contributed by atoms with E-state index < -0.39 is 0 Å². The standard InChI is InChI=1S/C13H14N2O3/c1-8(14-15-13(16)9-2-3-9)10-4-5-11-12(6-10)18-7-17-11/h4-6,9H,2-3,7H2,1H3,(H,15,16)/b14-8+. The average Bonchev–Trinajstić information content (AvgIpc) is 3.13. The minimum absolute atomic E-state index is 0.00935. The van der Waals surface area contributed by atoms with E-state index >= 15 is 0 Å². The van der Waals surface area contributed by atoms with Crippen molar-refractivity contribution in [3.8, 4) is 11.5 Å². The first-order chi connectivity index (χ1) is 8.74. The maximum Gasteiger partial charge on any atom is 0.243 e. The van der Waals surface area contributed by atoms with E-state index in [1.807, 2.05) is 25.1 Å². The van der Waals surface area contributed by atoms with Gasteiger partial charge < -0.3 is 9.47 Å². The predicted octanol–water partition coefficient (Wildman–Crippen LogP) is 1.67. The molecule has 18 heavy (non-hydrogen) atoms. The van der Waals surface area contributed by atoms with Gasteiger partial charge in [-0.3, -0.25) is 4.79 Å². The van der Waals surface area contributed by atoms with Crippen molar-refractivity contribution in [2.75, 3.05) is 6.79 Å². The summed E-state index contributed by atoms with van der Waals surface area (Å²) in [4.78, 5) is 11.5. The fraction of sp³-hybridized carbons (Fsp3) is 0.385. The number of carbonyl (C=O) groups is 1. The lowest BCUT2D eigenvalue weighted by Crippen LogP contribution is -2.20. The maximum absolute atomic E-state index is 11.5. The molecule has 0 aromatic heterocycles. The summed E-state index contributed by atoms with van der Waals surface area (Å²) in [6.07, 6.45) is 1.95. The molecule has 2 aliphatic rings. The molecular formula is C13H14N2O3. The number of rotatable bonds is 3. The molecule has 1 N–H and O–H groups in total. The van der Waals surface area contributed by atoms with E-state index in [9.17, 15) is 4.79 Å². The minimum Gasteiger partial charge on any atom is -0.454 e. The number of ether oxygens (including phenoxy) is 2. The van der Waals surface area contributed by atoms with Gasteiger partial charge in [-0.25, -0.2) is 5.43 Å². The van der Waals surface area contributed by atoms with Crippen LogP contribution < -0.4 is 14.9 Å². The lowest BCUT2D eigenvalue weighted by atomic mass is 10.1. The first-order valence-corrected chi connectivity index (χ1v) is 5.98. The highest BCUT2D eigenvalue weighted by Crippen LogP contribution is 2.32. The van der Waals surface area contributed by atoms with E-state index in [1.54, 1.807) is 0 Å². The van der Waals surface area contributed by atoms with Crippen LogP contribution >= 0.6 is 0 Å². The number of nitrogens with one attached hydrogen (secondary N) is 1. The van der Waals surface area contributed by atoms with Gasteiger partial charge in [0.1, 0.15) is 0 Å². The van der Waals surface area contributed by atoms with Gasteiger partial charge in [0.05, 0.1) is 5.71 Å². The molecule has 0 radical (unpaired) electrons. The Hall–Kier alpha value is -2.04. The summed E-state index contributed by atoms with van der Waals surface area (Å²) in [5.41, 5.74) is 4.25. The van der Waals surface area contributed by atoms with Crippen molar-refractivity contribution in [3.63, 3.8) is 0 Å². The van der Waals surface area contributed by atoms with E-state index in [0.29, 0.717) is 0 Å². The molecule has 5 heteroatoms. The fourth-order valence-corrected chi connectivity index (χ4v) is 1.76. The molecule has 94 valence electrons. The van der Waals surface area contributed by atoms with Crippen LogP contribution in [0.3, 0.4) is 0 Å². The molecule has 1 saturated carbocycles.